The number of nitrogens with two attached hydrogens (primary N) is 1. The van der Waals surface area contributed by atoms with E-state index >= 15 is 0 Å². The zero-order valence-corrected chi connectivity index (χ0v) is 12.7. The fourth-order valence-electron chi connectivity index (χ4n) is 1.87. The van der Waals surface area contributed by atoms with Gasteiger partial charge in [0.1, 0.15) is 0 Å². The van der Waals surface area contributed by atoms with Crippen molar-refractivity contribution in [1.29, 1.82) is 0 Å². The van der Waals surface area contributed by atoms with Gasteiger partial charge in [-0.2, -0.15) is 4.98 Å². The molecule has 0 atom stereocenters. The molecular formula is C12H9N5O3S2. The van der Waals surface area contributed by atoms with Crippen LogP contribution in [0.15, 0.2) is 27.1 Å². The normalized spacial score (nSPS) is 12.7. The molecule has 112 valence electrons. The molecule has 1 aliphatic rings. The van der Waals surface area contributed by atoms with Crippen LogP contribution in [0.1, 0.15) is 5.89 Å². The van der Waals surface area contributed by atoms with E-state index in [1.165, 1.54) is 23.1 Å². The quantitative estimate of drug-likeness (QED) is 0.717. The highest BCUT2D eigenvalue weighted by Gasteiger charge is 2.16. The first-order chi connectivity index (χ1) is 10.8. The smallest absolute Gasteiger partial charge is 0.237 e. The zero-order valence-electron chi connectivity index (χ0n) is 11.1. The van der Waals surface area contributed by atoms with E-state index in [0.717, 1.165) is 15.7 Å². The van der Waals surface area contributed by atoms with Crippen molar-refractivity contribution < 1.29 is 14.0 Å². The number of aromatic nitrogens is 4. The lowest BCUT2D eigenvalue weighted by Crippen LogP contribution is -1.92. The first kappa shape index (κ1) is 13.3. The average Bonchev–Trinajstić information content (AvgIpc) is 3.24. The predicted molar refractivity (Wildman–Crippen MR) is 79.7 cm³/mol. The van der Waals surface area contributed by atoms with Crippen molar-refractivity contribution in [2.75, 3.05) is 12.5 Å². The third-order valence-corrected chi connectivity index (χ3v) is 4.71. The Hall–Kier alpha value is -2.33. The molecule has 3 aromatic rings. The van der Waals surface area contributed by atoms with E-state index in [1.807, 2.05) is 18.2 Å². The van der Waals surface area contributed by atoms with Crippen LogP contribution in [0.2, 0.25) is 0 Å². The summed E-state index contributed by atoms with van der Waals surface area (Å²) in [5.74, 6) is 2.92. The summed E-state index contributed by atoms with van der Waals surface area (Å²) < 4.78 is 16.6. The molecule has 0 amide bonds. The van der Waals surface area contributed by atoms with Crippen LogP contribution in [0.5, 0.6) is 11.5 Å². The predicted octanol–water partition coefficient (Wildman–Crippen LogP) is 2.19. The number of hydrogen-bond donors (Lipinski definition) is 1. The lowest BCUT2D eigenvalue weighted by Gasteiger charge is -1.97. The summed E-state index contributed by atoms with van der Waals surface area (Å²) in [7, 11) is 0. The number of thioether (sulfide) groups is 1. The Bertz CT molecular complexity index is 819. The molecule has 10 heteroatoms. The molecule has 1 aliphatic heterocycles. The molecule has 3 heterocycles. The van der Waals surface area contributed by atoms with Gasteiger partial charge in [0.05, 0.1) is 5.75 Å². The Kier molecular flexibility index (Phi) is 3.31. The third kappa shape index (κ3) is 2.57. The number of rotatable bonds is 4. The van der Waals surface area contributed by atoms with E-state index in [9.17, 15) is 0 Å². The van der Waals surface area contributed by atoms with E-state index < -0.39 is 0 Å². The standard InChI is InChI=1S/C12H9N5O3S2/c13-11-15-16-12(22-11)21-4-9-14-10(17-20-9)6-1-2-7-8(3-6)19-5-18-7/h1-3H,4-5H2,(H2,13,15). The van der Waals surface area contributed by atoms with Crippen LogP contribution in [-0.2, 0) is 5.75 Å². The Morgan fingerprint density at radius 2 is 2.14 bits per heavy atom. The molecular weight excluding hydrogens is 326 g/mol. The minimum absolute atomic E-state index is 0.234. The zero-order chi connectivity index (χ0) is 14.9. The first-order valence-corrected chi connectivity index (χ1v) is 8.02. The second-order valence-electron chi connectivity index (χ2n) is 4.27. The lowest BCUT2D eigenvalue weighted by molar-refractivity contribution is 0.174. The van der Waals surface area contributed by atoms with Gasteiger partial charge in [0.2, 0.25) is 23.6 Å². The van der Waals surface area contributed by atoms with Crippen molar-refractivity contribution in [3.8, 4) is 22.9 Å². The summed E-state index contributed by atoms with van der Waals surface area (Å²) >= 11 is 2.77. The van der Waals surface area contributed by atoms with Crippen LogP contribution in [-0.4, -0.2) is 27.1 Å². The first-order valence-electron chi connectivity index (χ1n) is 6.22. The Morgan fingerprint density at radius 1 is 1.23 bits per heavy atom. The number of nitrogen functional groups attached to an aromatic ring is 1. The summed E-state index contributed by atoms with van der Waals surface area (Å²) in [6, 6.07) is 5.52. The molecule has 0 aliphatic carbocycles. The molecule has 0 radical (unpaired) electrons. The highest BCUT2D eigenvalue weighted by atomic mass is 32.2. The van der Waals surface area contributed by atoms with Gasteiger partial charge >= 0.3 is 0 Å². The maximum atomic E-state index is 5.53. The Labute approximate surface area is 132 Å². The van der Waals surface area contributed by atoms with Gasteiger partial charge in [0.25, 0.3) is 0 Å². The molecule has 2 aromatic heterocycles. The summed E-state index contributed by atoms with van der Waals surface area (Å²) in [6.45, 7) is 0.234. The number of nitrogens with zero attached hydrogens (tertiary/aromatic N) is 4. The Morgan fingerprint density at radius 3 is 3.00 bits per heavy atom. The maximum absolute atomic E-state index is 5.53. The van der Waals surface area contributed by atoms with Gasteiger partial charge in [0, 0.05) is 5.56 Å². The van der Waals surface area contributed by atoms with Gasteiger partial charge in [-0.3, -0.25) is 0 Å². The summed E-state index contributed by atoms with van der Waals surface area (Å²) in [4.78, 5) is 4.36. The maximum Gasteiger partial charge on any atom is 0.237 e. The topological polar surface area (TPSA) is 109 Å². The van der Waals surface area contributed by atoms with Crippen LogP contribution in [0.3, 0.4) is 0 Å². The molecule has 0 saturated heterocycles. The molecule has 0 bridgehead atoms. The molecule has 8 nitrogen and oxygen atoms in total. The third-order valence-electron chi connectivity index (χ3n) is 2.84. The molecule has 1 aromatic carbocycles. The van der Waals surface area contributed by atoms with Gasteiger partial charge in [-0.1, -0.05) is 28.3 Å². The number of benzene rings is 1. The summed E-state index contributed by atoms with van der Waals surface area (Å²) in [5.41, 5.74) is 6.34. The summed E-state index contributed by atoms with van der Waals surface area (Å²) in [5, 5.41) is 12.1. The monoisotopic (exact) mass is 335 g/mol. The number of ether oxygens (including phenoxy) is 2. The largest absolute Gasteiger partial charge is 0.454 e. The minimum atomic E-state index is 0.234. The fourth-order valence-corrected chi connectivity index (χ4v) is 3.34. The molecule has 0 spiro atoms. The highest BCUT2D eigenvalue weighted by molar-refractivity contribution is 8.00. The van der Waals surface area contributed by atoms with Crippen molar-refractivity contribution in [1.82, 2.24) is 20.3 Å². The number of hydrogen-bond acceptors (Lipinski definition) is 10. The lowest BCUT2D eigenvalue weighted by atomic mass is 10.2. The molecule has 0 unspecified atom stereocenters. The molecule has 0 saturated carbocycles. The van der Waals surface area contributed by atoms with E-state index in [1.54, 1.807) is 0 Å². The van der Waals surface area contributed by atoms with Crippen molar-refractivity contribution in [3.63, 3.8) is 0 Å². The fraction of sp³-hybridized carbons (Fsp3) is 0.167. The minimum Gasteiger partial charge on any atom is -0.454 e. The van der Waals surface area contributed by atoms with E-state index in [2.05, 4.69) is 20.3 Å². The number of fused-ring (bicyclic) bond motifs is 1. The van der Waals surface area contributed by atoms with Crippen molar-refractivity contribution >= 4 is 28.2 Å². The second kappa shape index (κ2) is 5.46. The van der Waals surface area contributed by atoms with Crippen LogP contribution < -0.4 is 15.2 Å². The van der Waals surface area contributed by atoms with Gasteiger partial charge < -0.3 is 19.7 Å². The van der Waals surface area contributed by atoms with Crippen LogP contribution in [0, 0.1) is 0 Å². The highest BCUT2D eigenvalue weighted by Crippen LogP contribution is 2.35. The van der Waals surface area contributed by atoms with Crippen molar-refractivity contribution in [2.24, 2.45) is 0 Å². The van der Waals surface area contributed by atoms with Gasteiger partial charge in [-0.05, 0) is 18.2 Å². The average molecular weight is 335 g/mol. The van der Waals surface area contributed by atoms with E-state index in [-0.39, 0.29) is 6.79 Å². The van der Waals surface area contributed by atoms with Crippen molar-refractivity contribution in [2.45, 2.75) is 10.1 Å². The van der Waals surface area contributed by atoms with Gasteiger partial charge in [-0.25, -0.2) is 0 Å². The Balaban J connectivity index is 1.49. The summed E-state index contributed by atoms with van der Waals surface area (Å²) in [6.07, 6.45) is 0. The number of anilines is 1. The second-order valence-corrected chi connectivity index (χ2v) is 6.51. The van der Waals surface area contributed by atoms with Crippen LogP contribution in [0.25, 0.3) is 11.4 Å². The van der Waals surface area contributed by atoms with Crippen LogP contribution >= 0.6 is 23.1 Å². The van der Waals surface area contributed by atoms with Gasteiger partial charge in [-0.15, -0.1) is 10.2 Å². The molecule has 22 heavy (non-hydrogen) atoms. The molecule has 2 N–H and O–H groups in total. The SMILES string of the molecule is Nc1nnc(SCc2nc(-c3ccc4c(c3)OCO4)no2)s1. The molecule has 4 rings (SSSR count). The van der Waals surface area contributed by atoms with Crippen LogP contribution in [0.4, 0.5) is 5.13 Å². The van der Waals surface area contributed by atoms with E-state index in [0.29, 0.717) is 28.3 Å². The van der Waals surface area contributed by atoms with Gasteiger partial charge in [0.15, 0.2) is 15.8 Å². The van der Waals surface area contributed by atoms with E-state index in [4.69, 9.17) is 19.7 Å². The van der Waals surface area contributed by atoms with Crippen molar-refractivity contribution in [3.05, 3.63) is 24.1 Å². The molecule has 0 fully saturated rings.